The lowest BCUT2D eigenvalue weighted by molar-refractivity contribution is 1.18. The molecule has 0 bridgehead atoms. The van der Waals surface area contributed by atoms with Gasteiger partial charge in [-0.15, -0.1) is 0 Å². The van der Waals surface area contributed by atoms with Crippen molar-refractivity contribution in [1.29, 1.82) is 0 Å². The SMILES string of the molecule is c1cc(-c2ccc(-c3ccc4ccc5cccc6ccc3c4c56)cc2)cc(-n2c3ccccc3c3ccccc32)c1.c1cc2ccc3ccc(-c4ccc(-c5ccc(-n6c7ccccc7c7ccccc76)cc5)cc4)c4ccc(c1)c2c34.c1cc2ccc3ccc(-c4ccc5cc(-n6c7ccccc7c7ccccc76)ccc5c4)c4ccc(c1)c2c34. The first-order valence-corrected chi connectivity index (χ1v) is 41.9. The zero-order chi connectivity index (χ0) is 79.3. The smallest absolute Gasteiger partial charge is 0.0541 e. The summed E-state index contributed by atoms with van der Waals surface area (Å²) in [6.07, 6.45) is 0. The Balaban J connectivity index is 0.000000100. The monoisotopic (exact) mass is 1530 g/mol. The van der Waals surface area contributed by atoms with Gasteiger partial charge in [-0.05, 0) is 242 Å². The van der Waals surface area contributed by atoms with Crippen LogP contribution in [0.25, 0.3) is 246 Å². The van der Waals surface area contributed by atoms with Crippen LogP contribution in [-0.4, -0.2) is 13.7 Å². The Morgan fingerprint density at radius 1 is 0.116 bits per heavy atom. The molecule has 0 aliphatic rings. The van der Waals surface area contributed by atoms with Gasteiger partial charge in [0.25, 0.3) is 0 Å². The highest BCUT2D eigenvalue weighted by molar-refractivity contribution is 6.29. The molecule has 27 rings (SSSR count). The molecule has 0 N–H and O–H groups in total. The molecular formula is C118H73N3. The van der Waals surface area contributed by atoms with E-state index >= 15 is 0 Å². The highest BCUT2D eigenvalue weighted by Gasteiger charge is 2.21. The number of hydrogen-bond donors (Lipinski definition) is 0. The minimum absolute atomic E-state index is 1.18. The largest absolute Gasteiger partial charge is 0.309 e. The second-order valence-corrected chi connectivity index (χ2v) is 32.5. The van der Waals surface area contributed by atoms with Crippen molar-refractivity contribution in [2.45, 2.75) is 0 Å². The maximum Gasteiger partial charge on any atom is 0.0541 e. The Labute approximate surface area is 697 Å². The van der Waals surface area contributed by atoms with E-state index in [4.69, 9.17) is 0 Å². The maximum absolute atomic E-state index is 2.39. The van der Waals surface area contributed by atoms with Crippen LogP contribution < -0.4 is 0 Å². The number of aromatic nitrogens is 3. The molecule has 27 aromatic rings. The minimum Gasteiger partial charge on any atom is -0.309 e. The molecule has 0 radical (unpaired) electrons. The van der Waals surface area contributed by atoms with E-state index in [0.29, 0.717) is 0 Å². The predicted molar refractivity (Wildman–Crippen MR) is 518 cm³/mol. The predicted octanol–water partition coefficient (Wildman–Crippen LogP) is 32.5. The standard InChI is InChI=1S/2C40H25N.C38H23N/c1-3-13-37-34(11-1)35-12-2-4-14-38(35)41(37)32-10-6-9-31(25-32)26-15-17-27(18-16-26)33-23-21-30-20-19-28-7-5-8-29-22-24-36(33)40(30)39(28)29;1-3-10-37-34(8-1)35-9-2-4-11-38(35)41(37)32-22-18-27(19-23-32)26-12-14-28(15-13-26)33-24-20-31-17-16-29-6-5-7-30-21-25-36(33)40(31)39(29)30;1-3-10-35-32(8-1)33-9-2-4-11-36(33)39(35)30-19-16-27-22-29(15-14-28(27)23-30)31-20-17-26-13-12-24-6-5-7-25-18-21-34(31)38(26)37(24)25/h2*1-25H;1-23H. The summed E-state index contributed by atoms with van der Waals surface area (Å²) < 4.78 is 7.14. The normalized spacial score (nSPS) is 12.0. The molecule has 0 saturated heterocycles. The third-order valence-corrected chi connectivity index (χ3v) is 26.0. The van der Waals surface area contributed by atoms with Gasteiger partial charge in [0, 0.05) is 49.4 Å². The Hall–Kier alpha value is -15.9. The van der Waals surface area contributed by atoms with Crippen LogP contribution in [0.15, 0.2) is 443 Å². The molecule has 560 valence electrons. The van der Waals surface area contributed by atoms with Gasteiger partial charge in [0.1, 0.15) is 0 Å². The van der Waals surface area contributed by atoms with Gasteiger partial charge in [-0.25, -0.2) is 0 Å². The summed E-state index contributed by atoms with van der Waals surface area (Å²) in [5.41, 5.74) is 23.4. The molecule has 24 aromatic carbocycles. The lowest BCUT2D eigenvalue weighted by Crippen LogP contribution is -1.94. The van der Waals surface area contributed by atoms with E-state index in [9.17, 15) is 0 Å². The van der Waals surface area contributed by atoms with Crippen LogP contribution in [0.1, 0.15) is 0 Å². The number of fused-ring (bicyclic) bond motifs is 10. The number of rotatable bonds is 8. The first-order chi connectivity index (χ1) is 60.0. The summed E-state index contributed by atoms with van der Waals surface area (Å²) in [6.45, 7) is 0. The molecule has 0 unspecified atom stereocenters. The molecule has 0 amide bonds. The van der Waals surface area contributed by atoms with Gasteiger partial charge in [-0.1, -0.05) is 364 Å². The molecule has 0 aliphatic carbocycles. The highest BCUT2D eigenvalue weighted by atomic mass is 15.0. The first-order valence-electron chi connectivity index (χ1n) is 41.9. The Kier molecular flexibility index (Phi) is 15.4. The van der Waals surface area contributed by atoms with E-state index in [1.807, 2.05) is 0 Å². The van der Waals surface area contributed by atoms with Crippen molar-refractivity contribution in [1.82, 2.24) is 13.7 Å². The maximum atomic E-state index is 2.39. The summed E-state index contributed by atoms with van der Waals surface area (Å²) in [5.74, 6) is 0. The molecule has 0 aliphatic heterocycles. The number of hydrogen-bond acceptors (Lipinski definition) is 0. The fourth-order valence-electron chi connectivity index (χ4n) is 20.4. The van der Waals surface area contributed by atoms with E-state index in [-0.39, 0.29) is 0 Å². The van der Waals surface area contributed by atoms with Crippen LogP contribution in [-0.2, 0) is 0 Å². The molecule has 0 atom stereocenters. The average molecular weight is 1530 g/mol. The summed E-state index contributed by atoms with van der Waals surface area (Å²) in [7, 11) is 0. The van der Waals surface area contributed by atoms with E-state index < -0.39 is 0 Å². The van der Waals surface area contributed by atoms with E-state index in [2.05, 4.69) is 457 Å². The Bertz CT molecular complexity index is 8610. The average Bonchev–Trinajstić information content (AvgIpc) is 1.73. The topological polar surface area (TPSA) is 14.8 Å². The van der Waals surface area contributed by atoms with Gasteiger partial charge in [0.15, 0.2) is 0 Å². The zero-order valence-electron chi connectivity index (χ0n) is 66.0. The van der Waals surface area contributed by atoms with Crippen molar-refractivity contribution < 1.29 is 0 Å². The quantitative estimate of drug-likeness (QED) is 0.135. The molecule has 0 spiro atoms. The molecule has 3 aromatic heterocycles. The van der Waals surface area contributed by atoms with Crippen molar-refractivity contribution in [3.05, 3.63) is 443 Å². The Morgan fingerprint density at radius 3 is 0.744 bits per heavy atom. The number of para-hydroxylation sites is 6. The van der Waals surface area contributed by atoms with Crippen molar-refractivity contribution in [3.63, 3.8) is 0 Å². The van der Waals surface area contributed by atoms with Gasteiger partial charge in [0.2, 0.25) is 0 Å². The molecule has 3 heterocycles. The van der Waals surface area contributed by atoms with Crippen LogP contribution in [0.3, 0.4) is 0 Å². The van der Waals surface area contributed by atoms with Crippen molar-refractivity contribution in [2.24, 2.45) is 0 Å². The van der Waals surface area contributed by atoms with Crippen LogP contribution in [0, 0.1) is 0 Å². The van der Waals surface area contributed by atoms with Gasteiger partial charge >= 0.3 is 0 Å². The molecule has 0 saturated carbocycles. The van der Waals surface area contributed by atoms with Crippen LogP contribution in [0.5, 0.6) is 0 Å². The molecule has 3 nitrogen and oxygen atoms in total. The van der Waals surface area contributed by atoms with Gasteiger partial charge in [0.05, 0.1) is 33.1 Å². The Morgan fingerprint density at radius 2 is 0.364 bits per heavy atom. The van der Waals surface area contributed by atoms with Gasteiger partial charge in [-0.3, -0.25) is 0 Å². The third-order valence-electron chi connectivity index (χ3n) is 26.0. The second-order valence-electron chi connectivity index (χ2n) is 32.5. The summed E-state index contributed by atoms with van der Waals surface area (Å²) >= 11 is 0. The van der Waals surface area contributed by atoms with E-state index in [1.165, 1.54) is 246 Å². The lowest BCUT2D eigenvalue weighted by Gasteiger charge is -2.15. The van der Waals surface area contributed by atoms with Crippen LogP contribution in [0.2, 0.25) is 0 Å². The van der Waals surface area contributed by atoms with Crippen molar-refractivity contribution >= 4 is 173 Å². The summed E-state index contributed by atoms with van der Waals surface area (Å²) in [5, 5.41) is 34.1. The van der Waals surface area contributed by atoms with Crippen molar-refractivity contribution in [2.75, 3.05) is 0 Å². The number of nitrogens with zero attached hydrogens (tertiary/aromatic N) is 3. The first kappa shape index (κ1) is 68.3. The minimum atomic E-state index is 1.18. The lowest BCUT2D eigenvalue weighted by atomic mass is 9.89. The molecular weight excluding hydrogens is 1460 g/mol. The van der Waals surface area contributed by atoms with Gasteiger partial charge in [-0.2, -0.15) is 0 Å². The van der Waals surface area contributed by atoms with Crippen LogP contribution in [0.4, 0.5) is 0 Å². The molecule has 0 fully saturated rings. The molecule has 3 heteroatoms. The summed E-state index contributed by atoms with van der Waals surface area (Å²) in [6, 6.07) is 162. The van der Waals surface area contributed by atoms with Crippen molar-refractivity contribution in [3.8, 4) is 72.7 Å². The second kappa shape index (κ2) is 27.3. The fourth-order valence-corrected chi connectivity index (χ4v) is 20.4. The zero-order valence-corrected chi connectivity index (χ0v) is 66.0. The fraction of sp³-hybridized carbons (Fsp3) is 0. The van der Waals surface area contributed by atoms with Crippen LogP contribution >= 0.6 is 0 Å². The third kappa shape index (κ3) is 10.9. The highest BCUT2D eigenvalue weighted by Crippen LogP contribution is 2.46. The molecule has 121 heavy (non-hydrogen) atoms. The summed E-state index contributed by atoms with van der Waals surface area (Å²) in [4.78, 5) is 0. The van der Waals surface area contributed by atoms with Gasteiger partial charge < -0.3 is 13.7 Å². The number of benzene rings is 24. The van der Waals surface area contributed by atoms with E-state index in [0.717, 1.165) is 0 Å². The van der Waals surface area contributed by atoms with E-state index in [1.54, 1.807) is 0 Å².